The number of halogens is 1. The van der Waals surface area contributed by atoms with Crippen LogP contribution in [0.15, 0.2) is 12.1 Å². The van der Waals surface area contributed by atoms with Crippen molar-refractivity contribution in [3.8, 4) is 11.5 Å². The van der Waals surface area contributed by atoms with Crippen molar-refractivity contribution < 1.29 is 14.3 Å². The van der Waals surface area contributed by atoms with E-state index in [4.69, 9.17) is 25.9 Å². The van der Waals surface area contributed by atoms with Crippen molar-refractivity contribution in [2.45, 2.75) is 31.9 Å². The molecule has 1 aromatic carbocycles. The van der Waals surface area contributed by atoms with Crippen LogP contribution in [0, 0.1) is 0 Å². The molecule has 0 unspecified atom stereocenters. The molecule has 4 nitrogen and oxygen atoms in total. The quantitative estimate of drug-likeness (QED) is 0.808. The van der Waals surface area contributed by atoms with Gasteiger partial charge in [-0.25, -0.2) is 0 Å². The van der Waals surface area contributed by atoms with Gasteiger partial charge in [-0.05, 0) is 25.3 Å². The molecule has 0 amide bonds. The highest BCUT2D eigenvalue weighted by atomic mass is 35.5. The Hall–Kier alpha value is -0.970. The highest BCUT2D eigenvalue weighted by molar-refractivity contribution is 6.30. The lowest BCUT2D eigenvalue weighted by Crippen LogP contribution is -2.25. The molecule has 0 aliphatic heterocycles. The van der Waals surface area contributed by atoms with Gasteiger partial charge in [0.1, 0.15) is 0 Å². The largest absolute Gasteiger partial charge is 0.493 e. The fourth-order valence-electron chi connectivity index (χ4n) is 1.84. The zero-order chi connectivity index (χ0) is 13.0. The third-order valence-corrected chi connectivity index (χ3v) is 3.28. The molecule has 2 rings (SSSR count). The van der Waals surface area contributed by atoms with Gasteiger partial charge < -0.3 is 14.3 Å². The smallest absolute Gasteiger partial charge is 0.166 e. The number of nitrogens with one attached hydrogen (secondary N) is 1. The minimum absolute atomic E-state index is 0.293. The fourth-order valence-corrected chi connectivity index (χ4v) is 2.08. The molecule has 1 aliphatic rings. The first-order valence-corrected chi connectivity index (χ1v) is 6.41. The Morgan fingerprint density at radius 1 is 1.33 bits per heavy atom. The van der Waals surface area contributed by atoms with Gasteiger partial charge in [0.05, 0.1) is 20.3 Å². The van der Waals surface area contributed by atoms with E-state index >= 15 is 0 Å². The van der Waals surface area contributed by atoms with Crippen molar-refractivity contribution in [2.75, 3.05) is 14.2 Å². The highest BCUT2D eigenvalue weighted by Crippen LogP contribution is 2.37. The normalized spacial score (nSPS) is 15.3. The summed E-state index contributed by atoms with van der Waals surface area (Å²) in [6.45, 7) is 0.523. The molecule has 18 heavy (non-hydrogen) atoms. The van der Waals surface area contributed by atoms with Crippen molar-refractivity contribution in [3.05, 3.63) is 22.7 Å². The summed E-state index contributed by atoms with van der Waals surface area (Å²) in [5.74, 6) is 1.43. The number of hydroxylamine groups is 1. The van der Waals surface area contributed by atoms with Crippen molar-refractivity contribution in [2.24, 2.45) is 0 Å². The Balaban J connectivity index is 2.24. The summed E-state index contributed by atoms with van der Waals surface area (Å²) in [5, 5.41) is 0.626. The van der Waals surface area contributed by atoms with E-state index in [0.29, 0.717) is 23.4 Å². The molecular formula is C13H18ClNO3. The monoisotopic (exact) mass is 271 g/mol. The maximum Gasteiger partial charge on any atom is 0.166 e. The molecule has 0 heterocycles. The SMILES string of the molecule is CONCc1cc(Cl)cc(OC)c1OC1CCC1. The van der Waals surface area contributed by atoms with Crippen molar-refractivity contribution in [3.63, 3.8) is 0 Å². The number of hydrogen-bond donors (Lipinski definition) is 1. The summed E-state index contributed by atoms with van der Waals surface area (Å²) in [6, 6.07) is 3.63. The van der Waals surface area contributed by atoms with Crippen LogP contribution in [0.3, 0.4) is 0 Å². The lowest BCUT2D eigenvalue weighted by atomic mass is 9.96. The lowest BCUT2D eigenvalue weighted by molar-refractivity contribution is 0.0822. The van der Waals surface area contributed by atoms with Gasteiger partial charge in [-0.15, -0.1) is 0 Å². The van der Waals surface area contributed by atoms with E-state index in [1.165, 1.54) is 6.42 Å². The van der Waals surface area contributed by atoms with Crippen LogP contribution in [0.1, 0.15) is 24.8 Å². The Morgan fingerprint density at radius 2 is 2.11 bits per heavy atom. The molecular weight excluding hydrogens is 254 g/mol. The Morgan fingerprint density at radius 3 is 2.67 bits per heavy atom. The molecule has 0 aromatic heterocycles. The van der Waals surface area contributed by atoms with Gasteiger partial charge in [0.25, 0.3) is 0 Å². The topological polar surface area (TPSA) is 39.7 Å². The van der Waals surface area contributed by atoms with Gasteiger partial charge in [-0.3, -0.25) is 0 Å². The van der Waals surface area contributed by atoms with Gasteiger partial charge in [0, 0.05) is 23.2 Å². The molecule has 1 N–H and O–H groups in total. The third-order valence-electron chi connectivity index (χ3n) is 3.06. The minimum atomic E-state index is 0.293. The van der Waals surface area contributed by atoms with Gasteiger partial charge in [0.15, 0.2) is 11.5 Å². The summed E-state index contributed by atoms with van der Waals surface area (Å²) in [7, 11) is 3.20. The summed E-state index contributed by atoms with van der Waals surface area (Å²) < 4.78 is 11.3. The third kappa shape index (κ3) is 3.07. The zero-order valence-electron chi connectivity index (χ0n) is 10.7. The van der Waals surface area contributed by atoms with Crippen LogP contribution in [-0.2, 0) is 11.4 Å². The van der Waals surface area contributed by atoms with Crippen LogP contribution < -0.4 is 15.0 Å². The predicted molar refractivity (Wildman–Crippen MR) is 70.1 cm³/mol. The summed E-state index contributed by atoms with van der Waals surface area (Å²) in [5.41, 5.74) is 3.74. The van der Waals surface area contributed by atoms with E-state index in [2.05, 4.69) is 5.48 Å². The average Bonchev–Trinajstić information content (AvgIpc) is 2.31. The van der Waals surface area contributed by atoms with E-state index < -0.39 is 0 Å². The molecule has 1 aliphatic carbocycles. The zero-order valence-corrected chi connectivity index (χ0v) is 11.4. The van der Waals surface area contributed by atoms with E-state index in [9.17, 15) is 0 Å². The summed E-state index contributed by atoms with van der Waals surface area (Å²) in [4.78, 5) is 4.87. The molecule has 5 heteroatoms. The van der Waals surface area contributed by atoms with Crippen LogP contribution in [0.5, 0.6) is 11.5 Å². The van der Waals surface area contributed by atoms with Crippen molar-refractivity contribution in [1.29, 1.82) is 0 Å². The van der Waals surface area contributed by atoms with Gasteiger partial charge >= 0.3 is 0 Å². The second kappa shape index (κ2) is 6.27. The number of hydrogen-bond acceptors (Lipinski definition) is 4. The molecule has 1 fully saturated rings. The number of methoxy groups -OCH3 is 1. The van der Waals surface area contributed by atoms with Crippen molar-refractivity contribution >= 4 is 11.6 Å². The first kappa shape index (κ1) is 13.5. The maximum atomic E-state index is 6.06. The van der Waals surface area contributed by atoms with Crippen LogP contribution >= 0.6 is 11.6 Å². The first-order valence-electron chi connectivity index (χ1n) is 6.03. The molecule has 1 saturated carbocycles. The first-order chi connectivity index (χ1) is 8.74. The van der Waals surface area contributed by atoms with Crippen LogP contribution in [0.25, 0.3) is 0 Å². The molecule has 0 bridgehead atoms. The maximum absolute atomic E-state index is 6.06. The molecule has 0 radical (unpaired) electrons. The summed E-state index contributed by atoms with van der Waals surface area (Å²) >= 11 is 6.06. The van der Waals surface area contributed by atoms with Gasteiger partial charge in [0.2, 0.25) is 0 Å². The van der Waals surface area contributed by atoms with Crippen LogP contribution in [-0.4, -0.2) is 20.3 Å². The number of benzene rings is 1. The summed E-state index contributed by atoms with van der Waals surface area (Å²) in [6.07, 6.45) is 3.72. The highest BCUT2D eigenvalue weighted by Gasteiger charge is 2.23. The number of ether oxygens (including phenoxy) is 2. The van der Waals surface area contributed by atoms with Crippen LogP contribution in [0.4, 0.5) is 0 Å². The van der Waals surface area contributed by atoms with E-state index in [1.807, 2.05) is 6.07 Å². The Bertz CT molecular complexity index is 407. The van der Waals surface area contributed by atoms with Gasteiger partial charge in [-0.1, -0.05) is 11.6 Å². The Kier molecular flexibility index (Phi) is 4.69. The number of rotatable bonds is 6. The molecule has 1 aromatic rings. The fraction of sp³-hybridized carbons (Fsp3) is 0.538. The minimum Gasteiger partial charge on any atom is -0.493 e. The van der Waals surface area contributed by atoms with E-state index in [0.717, 1.165) is 24.2 Å². The standard InChI is InChI=1S/C13H18ClNO3/c1-16-12-7-10(14)6-9(8-15-17-2)13(12)18-11-4-3-5-11/h6-7,11,15H,3-5,8H2,1-2H3. The average molecular weight is 272 g/mol. The Labute approximate surface area is 112 Å². The van der Waals surface area contributed by atoms with Gasteiger partial charge in [-0.2, -0.15) is 5.48 Å². The van der Waals surface area contributed by atoms with Crippen LogP contribution in [0.2, 0.25) is 5.02 Å². The second-order valence-corrected chi connectivity index (χ2v) is 4.73. The second-order valence-electron chi connectivity index (χ2n) is 4.29. The van der Waals surface area contributed by atoms with E-state index in [-0.39, 0.29) is 0 Å². The molecule has 0 atom stereocenters. The predicted octanol–water partition coefficient (Wildman–Crippen LogP) is 2.93. The molecule has 100 valence electrons. The molecule has 0 spiro atoms. The van der Waals surface area contributed by atoms with Crippen molar-refractivity contribution in [1.82, 2.24) is 5.48 Å². The van der Waals surface area contributed by atoms with E-state index in [1.54, 1.807) is 20.3 Å². The lowest BCUT2D eigenvalue weighted by Gasteiger charge is -2.28. The molecule has 0 saturated heterocycles.